The van der Waals surface area contributed by atoms with Gasteiger partial charge < -0.3 is 20.1 Å². The first-order valence-electron chi connectivity index (χ1n) is 10.3. The van der Waals surface area contributed by atoms with E-state index in [9.17, 15) is 4.79 Å². The predicted molar refractivity (Wildman–Crippen MR) is 127 cm³/mol. The van der Waals surface area contributed by atoms with Gasteiger partial charge in [-0.1, -0.05) is 30.0 Å². The summed E-state index contributed by atoms with van der Waals surface area (Å²) in [4.78, 5) is 12.6. The summed E-state index contributed by atoms with van der Waals surface area (Å²) in [5.41, 5.74) is 3.87. The minimum Gasteiger partial charge on any atom is -0.469 e. The maximum absolute atomic E-state index is 12.6. The Hall–Kier alpha value is -3.72. The minimum atomic E-state index is -0.141. The fourth-order valence-corrected chi connectivity index (χ4v) is 4.63. The Bertz CT molecular complexity index is 1450. The molecule has 0 saturated carbocycles. The number of furan rings is 1. The van der Waals surface area contributed by atoms with Gasteiger partial charge in [-0.15, -0.1) is 10.2 Å². The molecule has 0 aliphatic carbocycles. The van der Waals surface area contributed by atoms with Crippen LogP contribution in [0.5, 0.6) is 0 Å². The summed E-state index contributed by atoms with van der Waals surface area (Å²) in [6.07, 6.45) is 1.58. The summed E-state index contributed by atoms with van der Waals surface area (Å²) < 4.78 is 8.96. The number of thioether (sulfide) groups is 1. The number of aromatic nitrogens is 4. The molecule has 0 aliphatic heterocycles. The van der Waals surface area contributed by atoms with E-state index in [0.717, 1.165) is 28.7 Å². The van der Waals surface area contributed by atoms with Crippen molar-refractivity contribution in [2.75, 3.05) is 16.9 Å². The fourth-order valence-electron chi connectivity index (χ4n) is 3.98. The molecule has 3 heterocycles. The van der Waals surface area contributed by atoms with Crippen molar-refractivity contribution in [3.05, 3.63) is 60.6 Å². The first-order valence-corrected chi connectivity index (χ1v) is 11.2. The van der Waals surface area contributed by atoms with Crippen molar-refractivity contribution in [2.45, 2.75) is 25.5 Å². The summed E-state index contributed by atoms with van der Waals surface area (Å²) in [6, 6.07) is 16.1. The summed E-state index contributed by atoms with van der Waals surface area (Å²) in [7, 11) is 0. The summed E-state index contributed by atoms with van der Waals surface area (Å²) in [5.74, 6) is 7.35. The Labute approximate surface area is 188 Å². The van der Waals surface area contributed by atoms with Crippen molar-refractivity contribution < 1.29 is 9.21 Å². The minimum absolute atomic E-state index is 0.141. The van der Waals surface area contributed by atoms with Gasteiger partial charge in [0.1, 0.15) is 5.76 Å². The normalized spacial score (nSPS) is 11.4. The summed E-state index contributed by atoms with van der Waals surface area (Å²) in [6.45, 7) is 4.85. The van der Waals surface area contributed by atoms with Crippen LogP contribution in [0.2, 0.25) is 0 Å². The molecule has 5 aromatic rings. The molecule has 1 amide bonds. The topological polar surface area (TPSA) is 104 Å². The van der Waals surface area contributed by atoms with E-state index in [4.69, 9.17) is 10.3 Å². The largest absolute Gasteiger partial charge is 0.469 e. The Balaban J connectivity index is 1.32. The Morgan fingerprint density at radius 3 is 2.72 bits per heavy atom. The average Bonchev–Trinajstić information content (AvgIpc) is 3.47. The molecule has 0 aliphatic rings. The highest BCUT2D eigenvalue weighted by molar-refractivity contribution is 7.99. The number of para-hydroxylation sites is 1. The quantitative estimate of drug-likeness (QED) is 0.296. The van der Waals surface area contributed by atoms with E-state index in [-0.39, 0.29) is 11.7 Å². The lowest BCUT2D eigenvalue weighted by molar-refractivity contribution is -0.113. The van der Waals surface area contributed by atoms with Crippen LogP contribution in [-0.2, 0) is 11.3 Å². The first-order chi connectivity index (χ1) is 15.6. The molecule has 8 nitrogen and oxygen atoms in total. The van der Waals surface area contributed by atoms with Gasteiger partial charge in [-0.25, -0.2) is 4.68 Å². The zero-order chi connectivity index (χ0) is 22.2. The van der Waals surface area contributed by atoms with Gasteiger partial charge in [0.15, 0.2) is 5.82 Å². The van der Waals surface area contributed by atoms with Crippen LogP contribution < -0.4 is 11.2 Å². The molecule has 0 bridgehead atoms. The number of hydrogen-bond acceptors (Lipinski definition) is 6. The molecule has 5 rings (SSSR count). The SMILES string of the molecule is CCn1c2ccccc2c2cc(NC(=O)CSc3nnc(-c4ccoc4C)n3N)ccc21. The zero-order valence-corrected chi connectivity index (χ0v) is 18.5. The summed E-state index contributed by atoms with van der Waals surface area (Å²) >= 11 is 1.23. The van der Waals surface area contributed by atoms with Gasteiger partial charge in [-0.3, -0.25) is 4.79 Å². The van der Waals surface area contributed by atoms with E-state index in [0.29, 0.717) is 16.7 Å². The highest BCUT2D eigenvalue weighted by Gasteiger charge is 2.17. The molecule has 0 spiro atoms. The lowest BCUT2D eigenvalue weighted by Crippen LogP contribution is -2.16. The molecular weight excluding hydrogens is 424 g/mol. The maximum Gasteiger partial charge on any atom is 0.234 e. The van der Waals surface area contributed by atoms with Gasteiger partial charge in [-0.05, 0) is 44.2 Å². The molecule has 0 fully saturated rings. The number of aryl methyl sites for hydroxylation is 2. The third kappa shape index (κ3) is 3.40. The van der Waals surface area contributed by atoms with Crippen molar-refractivity contribution in [3.63, 3.8) is 0 Å². The van der Waals surface area contributed by atoms with Gasteiger partial charge in [0, 0.05) is 34.0 Å². The zero-order valence-electron chi connectivity index (χ0n) is 17.7. The lowest BCUT2D eigenvalue weighted by Gasteiger charge is -2.07. The number of nitrogen functional groups attached to an aromatic ring is 1. The number of amides is 1. The third-order valence-corrected chi connectivity index (χ3v) is 6.41. The number of fused-ring (bicyclic) bond motifs is 3. The van der Waals surface area contributed by atoms with Crippen molar-refractivity contribution in [3.8, 4) is 11.4 Å². The molecule has 0 radical (unpaired) electrons. The second kappa shape index (κ2) is 8.08. The third-order valence-electron chi connectivity index (χ3n) is 5.47. The number of carbonyl (C=O) groups excluding carboxylic acids is 1. The number of rotatable bonds is 6. The van der Waals surface area contributed by atoms with E-state index in [1.807, 2.05) is 31.2 Å². The van der Waals surface area contributed by atoms with Gasteiger partial charge >= 0.3 is 0 Å². The lowest BCUT2D eigenvalue weighted by atomic mass is 10.1. The van der Waals surface area contributed by atoms with Crippen molar-refractivity contribution >= 4 is 45.2 Å². The van der Waals surface area contributed by atoms with Gasteiger partial charge in [0.25, 0.3) is 0 Å². The molecule has 0 atom stereocenters. The maximum atomic E-state index is 12.6. The van der Waals surface area contributed by atoms with Crippen LogP contribution in [0.15, 0.2) is 64.4 Å². The second-order valence-corrected chi connectivity index (χ2v) is 8.34. The number of nitrogens with one attached hydrogen (secondary N) is 1. The molecule has 2 aromatic carbocycles. The van der Waals surface area contributed by atoms with Crippen LogP contribution in [0.3, 0.4) is 0 Å². The van der Waals surface area contributed by atoms with E-state index >= 15 is 0 Å². The molecule has 162 valence electrons. The fraction of sp³-hybridized carbons (Fsp3) is 0.174. The van der Waals surface area contributed by atoms with Crippen molar-refractivity contribution in [2.24, 2.45) is 0 Å². The molecule has 0 saturated heterocycles. The van der Waals surface area contributed by atoms with Crippen molar-refractivity contribution in [1.29, 1.82) is 0 Å². The first kappa shape index (κ1) is 20.2. The van der Waals surface area contributed by atoms with Crippen LogP contribution in [0.4, 0.5) is 5.69 Å². The number of nitrogens with zero attached hydrogens (tertiary/aromatic N) is 4. The molecule has 32 heavy (non-hydrogen) atoms. The van der Waals surface area contributed by atoms with Gasteiger partial charge in [0.2, 0.25) is 11.1 Å². The number of hydrogen-bond donors (Lipinski definition) is 2. The van der Waals surface area contributed by atoms with Crippen molar-refractivity contribution in [1.82, 2.24) is 19.4 Å². The Morgan fingerprint density at radius 2 is 1.94 bits per heavy atom. The molecule has 9 heteroatoms. The Morgan fingerprint density at radius 1 is 1.12 bits per heavy atom. The van der Waals surface area contributed by atoms with E-state index in [1.54, 1.807) is 12.3 Å². The molecular formula is C23H22N6O2S. The van der Waals surface area contributed by atoms with E-state index in [1.165, 1.54) is 27.3 Å². The molecule has 0 unspecified atom stereocenters. The number of nitrogens with two attached hydrogens (primary N) is 1. The summed E-state index contributed by atoms with van der Waals surface area (Å²) in [5, 5.41) is 14.0. The smallest absolute Gasteiger partial charge is 0.234 e. The standard InChI is InChI=1S/C23H22N6O2S/c1-3-28-19-7-5-4-6-17(19)18-12-15(8-9-20(18)28)25-21(30)13-32-23-27-26-22(29(23)24)16-10-11-31-14(16)2/h4-12H,3,13,24H2,1-2H3,(H,25,30). The predicted octanol–water partition coefficient (Wildman–Crippen LogP) is 4.42. The number of benzene rings is 2. The van der Waals surface area contributed by atoms with E-state index in [2.05, 4.69) is 45.2 Å². The number of anilines is 1. The van der Waals surface area contributed by atoms with Gasteiger partial charge in [-0.2, -0.15) is 0 Å². The Kier molecular flexibility index (Phi) is 5.10. The van der Waals surface area contributed by atoms with Crippen LogP contribution in [0, 0.1) is 6.92 Å². The van der Waals surface area contributed by atoms with Crippen LogP contribution in [0.25, 0.3) is 33.2 Å². The van der Waals surface area contributed by atoms with Crippen LogP contribution in [0.1, 0.15) is 12.7 Å². The highest BCUT2D eigenvalue weighted by Crippen LogP contribution is 2.31. The average molecular weight is 447 g/mol. The monoisotopic (exact) mass is 446 g/mol. The van der Waals surface area contributed by atoms with Crippen LogP contribution in [-0.4, -0.2) is 31.1 Å². The van der Waals surface area contributed by atoms with Gasteiger partial charge in [0.05, 0.1) is 17.6 Å². The van der Waals surface area contributed by atoms with Crippen LogP contribution >= 0.6 is 11.8 Å². The second-order valence-electron chi connectivity index (χ2n) is 7.40. The highest BCUT2D eigenvalue weighted by atomic mass is 32.2. The molecule has 3 N–H and O–H groups in total. The van der Waals surface area contributed by atoms with E-state index < -0.39 is 0 Å². The molecule has 3 aromatic heterocycles. The number of carbonyl (C=O) groups is 1.